The van der Waals surface area contributed by atoms with Crippen LogP contribution < -0.4 is 15.8 Å². The van der Waals surface area contributed by atoms with Crippen molar-refractivity contribution in [3.63, 3.8) is 0 Å². The topological polar surface area (TPSA) is 76.0 Å². The average Bonchev–Trinajstić information content (AvgIpc) is 2.99. The number of anilines is 2. The molecule has 1 atom stereocenters. The van der Waals surface area contributed by atoms with Crippen LogP contribution in [0.15, 0.2) is 30.6 Å². The van der Waals surface area contributed by atoms with Crippen LogP contribution >= 0.6 is 0 Å². The van der Waals surface area contributed by atoms with Crippen LogP contribution in [0.3, 0.4) is 0 Å². The van der Waals surface area contributed by atoms with Gasteiger partial charge in [-0.25, -0.2) is 4.98 Å². The number of ether oxygens (including phenoxy) is 1. The van der Waals surface area contributed by atoms with E-state index in [0.717, 1.165) is 30.1 Å². The number of imidazole rings is 1. The maximum Gasteiger partial charge on any atom is 0.144 e. The molecule has 1 heterocycles. The Kier molecular flexibility index (Phi) is 4.87. The van der Waals surface area contributed by atoms with E-state index in [1.165, 1.54) is 0 Å². The average molecular weight is 274 g/mol. The third kappa shape index (κ3) is 3.23. The Morgan fingerprint density at radius 3 is 2.90 bits per heavy atom. The second-order valence-corrected chi connectivity index (χ2v) is 4.65. The molecule has 108 valence electrons. The number of aromatic amines is 1. The fourth-order valence-corrected chi connectivity index (χ4v) is 2.03. The number of rotatable bonds is 7. The molecule has 0 radical (unpaired) electrons. The lowest BCUT2D eigenvalue weighted by Crippen LogP contribution is -2.13. The van der Waals surface area contributed by atoms with Gasteiger partial charge in [0.2, 0.25) is 0 Å². The molecule has 0 spiro atoms. The van der Waals surface area contributed by atoms with E-state index in [4.69, 9.17) is 10.5 Å². The van der Waals surface area contributed by atoms with Gasteiger partial charge in [0.15, 0.2) is 0 Å². The van der Waals surface area contributed by atoms with Crippen molar-refractivity contribution in [2.45, 2.75) is 32.7 Å². The molecule has 5 heteroatoms. The van der Waals surface area contributed by atoms with Gasteiger partial charge in [-0.2, -0.15) is 0 Å². The molecular formula is C15H22N4O. The number of nitrogen functional groups attached to an aromatic ring is 1. The monoisotopic (exact) mass is 274 g/mol. The molecule has 1 aromatic heterocycles. The number of nitrogens with zero attached hydrogens (tertiary/aromatic N) is 1. The lowest BCUT2D eigenvalue weighted by atomic mass is 10.1. The van der Waals surface area contributed by atoms with Gasteiger partial charge < -0.3 is 20.8 Å². The maximum absolute atomic E-state index is 6.16. The minimum absolute atomic E-state index is 0.105. The summed E-state index contributed by atoms with van der Waals surface area (Å²) in [6.07, 6.45) is 5.45. The lowest BCUT2D eigenvalue weighted by molar-refractivity contribution is 0.319. The highest BCUT2D eigenvalue weighted by atomic mass is 16.5. The molecule has 0 amide bonds. The zero-order valence-corrected chi connectivity index (χ0v) is 12.0. The minimum Gasteiger partial charge on any atom is -0.491 e. The standard InChI is InChI=1S/C15H22N4O/c1-3-10-20-13-7-5-6-12(14(13)16)19-11(4-2)15-17-8-9-18-15/h5-9,11,19H,3-4,10,16H2,1-2H3,(H,17,18). The Morgan fingerprint density at radius 2 is 2.25 bits per heavy atom. The molecule has 0 aliphatic rings. The largest absolute Gasteiger partial charge is 0.491 e. The Labute approximate surface area is 119 Å². The molecular weight excluding hydrogens is 252 g/mol. The lowest BCUT2D eigenvalue weighted by Gasteiger charge is -2.19. The molecule has 5 nitrogen and oxygen atoms in total. The minimum atomic E-state index is 0.105. The van der Waals surface area contributed by atoms with E-state index in [2.05, 4.69) is 29.1 Å². The number of nitrogens with two attached hydrogens (primary N) is 1. The van der Waals surface area contributed by atoms with E-state index in [-0.39, 0.29) is 6.04 Å². The number of aromatic nitrogens is 2. The Bertz CT molecular complexity index is 525. The number of hydrogen-bond acceptors (Lipinski definition) is 4. The van der Waals surface area contributed by atoms with Crippen LogP contribution in [0.5, 0.6) is 5.75 Å². The number of nitrogens with one attached hydrogen (secondary N) is 2. The first kappa shape index (κ1) is 14.2. The zero-order valence-electron chi connectivity index (χ0n) is 12.0. The third-order valence-electron chi connectivity index (χ3n) is 3.12. The van der Waals surface area contributed by atoms with Crippen LogP contribution in [0, 0.1) is 0 Å². The molecule has 2 rings (SSSR count). The highest BCUT2D eigenvalue weighted by Crippen LogP contribution is 2.32. The number of para-hydroxylation sites is 1. The fourth-order valence-electron chi connectivity index (χ4n) is 2.03. The summed E-state index contributed by atoms with van der Waals surface area (Å²) in [6, 6.07) is 5.90. The van der Waals surface area contributed by atoms with Crippen molar-refractivity contribution in [1.29, 1.82) is 0 Å². The van der Waals surface area contributed by atoms with Gasteiger partial charge in [0, 0.05) is 12.4 Å². The first-order valence-corrected chi connectivity index (χ1v) is 7.03. The first-order valence-electron chi connectivity index (χ1n) is 7.03. The normalized spacial score (nSPS) is 12.1. The first-order chi connectivity index (χ1) is 9.76. The van der Waals surface area contributed by atoms with Gasteiger partial charge in [0.05, 0.1) is 24.0 Å². The van der Waals surface area contributed by atoms with Crippen molar-refractivity contribution in [3.05, 3.63) is 36.4 Å². The second kappa shape index (κ2) is 6.84. The van der Waals surface area contributed by atoms with E-state index < -0.39 is 0 Å². The van der Waals surface area contributed by atoms with Crippen LogP contribution in [0.2, 0.25) is 0 Å². The summed E-state index contributed by atoms with van der Waals surface area (Å²) in [6.45, 7) is 4.85. The van der Waals surface area contributed by atoms with Gasteiger partial charge >= 0.3 is 0 Å². The van der Waals surface area contributed by atoms with Crippen LogP contribution in [-0.4, -0.2) is 16.6 Å². The highest BCUT2D eigenvalue weighted by Gasteiger charge is 2.14. The van der Waals surface area contributed by atoms with Gasteiger partial charge in [-0.05, 0) is 25.0 Å². The van der Waals surface area contributed by atoms with Crippen molar-refractivity contribution in [1.82, 2.24) is 9.97 Å². The predicted molar refractivity (Wildman–Crippen MR) is 81.9 cm³/mol. The van der Waals surface area contributed by atoms with E-state index in [0.29, 0.717) is 12.3 Å². The zero-order chi connectivity index (χ0) is 14.4. The molecule has 2 aromatic rings. The Hall–Kier alpha value is -2.17. The SMILES string of the molecule is CCCOc1cccc(NC(CC)c2ncc[nH]2)c1N. The fraction of sp³-hybridized carbons (Fsp3) is 0.400. The molecule has 0 bridgehead atoms. The van der Waals surface area contributed by atoms with Crippen LogP contribution in [0.25, 0.3) is 0 Å². The summed E-state index contributed by atoms with van der Waals surface area (Å²) in [5.74, 6) is 1.64. The number of H-pyrrole nitrogens is 1. The molecule has 20 heavy (non-hydrogen) atoms. The van der Waals surface area contributed by atoms with E-state index in [9.17, 15) is 0 Å². The van der Waals surface area contributed by atoms with Gasteiger partial charge in [-0.15, -0.1) is 0 Å². The molecule has 0 saturated carbocycles. The molecule has 4 N–H and O–H groups in total. The van der Waals surface area contributed by atoms with Crippen molar-refractivity contribution >= 4 is 11.4 Å². The molecule has 0 aliphatic heterocycles. The van der Waals surface area contributed by atoms with Crippen LogP contribution in [-0.2, 0) is 0 Å². The molecule has 1 unspecified atom stereocenters. The molecule has 1 aromatic carbocycles. The van der Waals surface area contributed by atoms with Crippen molar-refractivity contribution in [3.8, 4) is 5.75 Å². The summed E-state index contributed by atoms with van der Waals surface area (Å²) in [4.78, 5) is 7.43. The second-order valence-electron chi connectivity index (χ2n) is 4.65. The molecule has 0 fully saturated rings. The predicted octanol–water partition coefficient (Wildman–Crippen LogP) is 3.34. The quantitative estimate of drug-likeness (QED) is 0.677. The van der Waals surface area contributed by atoms with E-state index in [1.807, 2.05) is 24.4 Å². The van der Waals surface area contributed by atoms with E-state index >= 15 is 0 Å². The summed E-state index contributed by atoms with van der Waals surface area (Å²) in [5, 5.41) is 3.42. The highest BCUT2D eigenvalue weighted by molar-refractivity contribution is 5.73. The third-order valence-corrected chi connectivity index (χ3v) is 3.12. The van der Waals surface area contributed by atoms with E-state index in [1.54, 1.807) is 6.20 Å². The summed E-state index contributed by atoms with van der Waals surface area (Å²) in [5.41, 5.74) is 7.68. The van der Waals surface area contributed by atoms with Crippen molar-refractivity contribution in [2.24, 2.45) is 0 Å². The summed E-state index contributed by atoms with van der Waals surface area (Å²) in [7, 11) is 0. The van der Waals surface area contributed by atoms with Gasteiger partial charge in [-0.3, -0.25) is 0 Å². The van der Waals surface area contributed by atoms with Gasteiger partial charge in [-0.1, -0.05) is 19.9 Å². The smallest absolute Gasteiger partial charge is 0.144 e. The van der Waals surface area contributed by atoms with Gasteiger partial charge in [0.25, 0.3) is 0 Å². The van der Waals surface area contributed by atoms with Crippen LogP contribution in [0.1, 0.15) is 38.6 Å². The molecule has 0 aliphatic carbocycles. The summed E-state index contributed by atoms with van der Waals surface area (Å²) >= 11 is 0. The van der Waals surface area contributed by atoms with Crippen LogP contribution in [0.4, 0.5) is 11.4 Å². The van der Waals surface area contributed by atoms with Gasteiger partial charge in [0.1, 0.15) is 11.6 Å². The number of benzene rings is 1. The molecule has 0 saturated heterocycles. The Balaban J connectivity index is 2.16. The maximum atomic E-state index is 6.16. The van der Waals surface area contributed by atoms with Crippen molar-refractivity contribution < 1.29 is 4.74 Å². The number of hydrogen-bond donors (Lipinski definition) is 3. The summed E-state index contributed by atoms with van der Waals surface area (Å²) < 4.78 is 5.64. The Morgan fingerprint density at radius 1 is 1.40 bits per heavy atom. The van der Waals surface area contributed by atoms with Crippen molar-refractivity contribution in [2.75, 3.05) is 17.7 Å².